The number of nitrogens with zero attached hydrogens (tertiary/aromatic N) is 1. The molecule has 7 heteroatoms. The average Bonchev–Trinajstić information content (AvgIpc) is 2.91. The minimum absolute atomic E-state index is 0.270. The standard InChI is InChI=1S/C14H14ClN3O3/c15-10-4-3-9(8-16)7-11(10)17-13(21)18-14(12(19)20)5-1-2-6-14/h3-4,7H,1-2,5-6H2,(H,19,20)(H2,17,18,21). The van der Waals surface area contributed by atoms with Crippen LogP contribution in [0.15, 0.2) is 18.2 Å². The molecule has 0 spiro atoms. The Hall–Kier alpha value is -2.26. The first-order valence-corrected chi connectivity index (χ1v) is 6.87. The highest BCUT2D eigenvalue weighted by Crippen LogP contribution is 2.30. The number of amides is 2. The van der Waals surface area contributed by atoms with Crippen LogP contribution in [0.2, 0.25) is 5.02 Å². The van der Waals surface area contributed by atoms with Gasteiger partial charge in [0.25, 0.3) is 0 Å². The number of carboxylic acid groups (broad SMARTS) is 1. The van der Waals surface area contributed by atoms with Crippen LogP contribution in [0.25, 0.3) is 0 Å². The average molecular weight is 308 g/mol. The number of hydrogen-bond donors (Lipinski definition) is 3. The fourth-order valence-electron chi connectivity index (χ4n) is 2.43. The monoisotopic (exact) mass is 307 g/mol. The Balaban J connectivity index is 2.12. The van der Waals surface area contributed by atoms with E-state index in [2.05, 4.69) is 10.6 Å². The molecule has 2 rings (SSSR count). The summed E-state index contributed by atoms with van der Waals surface area (Å²) in [5.41, 5.74) is -0.598. The Bertz CT molecular complexity index is 618. The van der Waals surface area contributed by atoms with Crippen molar-refractivity contribution in [3.8, 4) is 6.07 Å². The van der Waals surface area contributed by atoms with Gasteiger partial charge in [0.15, 0.2) is 0 Å². The number of rotatable bonds is 3. The van der Waals surface area contributed by atoms with E-state index in [-0.39, 0.29) is 10.7 Å². The first-order chi connectivity index (χ1) is 9.97. The number of carbonyl (C=O) groups is 2. The third-order valence-corrected chi connectivity index (χ3v) is 3.89. The fraction of sp³-hybridized carbons (Fsp3) is 0.357. The molecule has 1 aromatic carbocycles. The van der Waals surface area contributed by atoms with Crippen LogP contribution < -0.4 is 10.6 Å². The fourth-order valence-corrected chi connectivity index (χ4v) is 2.60. The molecule has 0 aliphatic heterocycles. The molecule has 0 unspecified atom stereocenters. The summed E-state index contributed by atoms with van der Waals surface area (Å²) in [4.78, 5) is 23.4. The van der Waals surface area contributed by atoms with Crippen molar-refractivity contribution in [1.29, 1.82) is 5.26 Å². The molecule has 0 heterocycles. The number of carboxylic acids is 1. The van der Waals surface area contributed by atoms with Crippen molar-refractivity contribution in [3.05, 3.63) is 28.8 Å². The van der Waals surface area contributed by atoms with E-state index in [1.807, 2.05) is 6.07 Å². The van der Waals surface area contributed by atoms with E-state index in [0.717, 1.165) is 12.8 Å². The minimum atomic E-state index is -1.22. The van der Waals surface area contributed by atoms with Crippen LogP contribution in [0.5, 0.6) is 0 Å². The molecule has 2 amide bonds. The highest BCUT2D eigenvalue weighted by molar-refractivity contribution is 6.33. The quantitative estimate of drug-likeness (QED) is 0.799. The van der Waals surface area contributed by atoms with E-state index in [0.29, 0.717) is 18.4 Å². The number of aliphatic carboxylic acids is 1. The predicted molar refractivity (Wildman–Crippen MR) is 77.2 cm³/mol. The third-order valence-electron chi connectivity index (χ3n) is 3.56. The first-order valence-electron chi connectivity index (χ1n) is 6.49. The van der Waals surface area contributed by atoms with Gasteiger partial charge in [0.1, 0.15) is 5.54 Å². The van der Waals surface area contributed by atoms with Crippen LogP contribution >= 0.6 is 11.6 Å². The van der Waals surface area contributed by atoms with Crippen molar-refractivity contribution in [1.82, 2.24) is 5.32 Å². The molecule has 1 fully saturated rings. The number of anilines is 1. The van der Waals surface area contributed by atoms with Gasteiger partial charge >= 0.3 is 12.0 Å². The third kappa shape index (κ3) is 3.26. The number of nitriles is 1. The highest BCUT2D eigenvalue weighted by atomic mass is 35.5. The Morgan fingerprint density at radius 2 is 2.00 bits per heavy atom. The van der Waals surface area contributed by atoms with Crippen LogP contribution in [0, 0.1) is 11.3 Å². The SMILES string of the molecule is N#Cc1ccc(Cl)c(NC(=O)NC2(C(=O)O)CCCC2)c1. The molecule has 0 atom stereocenters. The number of nitrogens with one attached hydrogen (secondary N) is 2. The largest absolute Gasteiger partial charge is 0.480 e. The maximum Gasteiger partial charge on any atom is 0.329 e. The van der Waals surface area contributed by atoms with Crippen molar-refractivity contribution in [2.75, 3.05) is 5.32 Å². The summed E-state index contributed by atoms with van der Waals surface area (Å²) < 4.78 is 0. The van der Waals surface area contributed by atoms with Gasteiger partial charge in [0.05, 0.1) is 22.3 Å². The summed E-state index contributed by atoms with van der Waals surface area (Å²) in [6.07, 6.45) is 2.33. The van der Waals surface area contributed by atoms with Gasteiger partial charge in [-0.15, -0.1) is 0 Å². The molecular formula is C14H14ClN3O3. The molecule has 110 valence electrons. The van der Waals surface area contributed by atoms with Gasteiger partial charge in [0.2, 0.25) is 0 Å². The van der Waals surface area contributed by atoms with Gasteiger partial charge in [-0.3, -0.25) is 0 Å². The zero-order valence-corrected chi connectivity index (χ0v) is 11.9. The Morgan fingerprint density at radius 1 is 1.33 bits per heavy atom. The van der Waals surface area contributed by atoms with Crippen LogP contribution in [-0.2, 0) is 4.79 Å². The minimum Gasteiger partial charge on any atom is -0.480 e. The molecule has 1 saturated carbocycles. The first kappa shape index (κ1) is 15.1. The van der Waals surface area contributed by atoms with Gasteiger partial charge in [0, 0.05) is 0 Å². The van der Waals surface area contributed by atoms with Crippen molar-refractivity contribution in [3.63, 3.8) is 0 Å². The van der Waals surface area contributed by atoms with Crippen molar-refractivity contribution >= 4 is 29.3 Å². The van der Waals surface area contributed by atoms with Crippen LogP contribution in [-0.4, -0.2) is 22.6 Å². The van der Waals surface area contributed by atoms with E-state index in [1.165, 1.54) is 18.2 Å². The number of hydrogen-bond acceptors (Lipinski definition) is 3. The Morgan fingerprint density at radius 3 is 2.57 bits per heavy atom. The molecule has 1 aliphatic carbocycles. The van der Waals surface area contributed by atoms with E-state index in [9.17, 15) is 14.7 Å². The Kier molecular flexibility index (Phi) is 4.34. The van der Waals surface area contributed by atoms with Crippen molar-refractivity contribution in [2.45, 2.75) is 31.2 Å². The topological polar surface area (TPSA) is 102 Å². The molecule has 3 N–H and O–H groups in total. The second-order valence-corrected chi connectivity index (χ2v) is 5.39. The second kappa shape index (κ2) is 6.02. The van der Waals surface area contributed by atoms with E-state index in [1.54, 1.807) is 0 Å². The smallest absolute Gasteiger partial charge is 0.329 e. The van der Waals surface area contributed by atoms with Crippen LogP contribution in [0.3, 0.4) is 0 Å². The lowest BCUT2D eigenvalue weighted by Gasteiger charge is -2.25. The predicted octanol–water partition coefficient (Wildman–Crippen LogP) is 2.73. The maximum absolute atomic E-state index is 12.0. The van der Waals surface area contributed by atoms with Gasteiger partial charge in [-0.2, -0.15) is 5.26 Å². The summed E-state index contributed by atoms with van der Waals surface area (Å²) in [5.74, 6) is -1.04. The second-order valence-electron chi connectivity index (χ2n) is 4.98. The summed E-state index contributed by atoms with van der Waals surface area (Å²) >= 11 is 5.94. The molecule has 0 bridgehead atoms. The number of carbonyl (C=O) groups excluding carboxylic acids is 1. The summed E-state index contributed by atoms with van der Waals surface area (Å²) in [6.45, 7) is 0. The molecule has 21 heavy (non-hydrogen) atoms. The van der Waals surface area contributed by atoms with Crippen molar-refractivity contribution in [2.24, 2.45) is 0 Å². The summed E-state index contributed by atoms with van der Waals surface area (Å²) in [5, 5.41) is 23.4. The molecule has 1 aromatic rings. The molecule has 0 aromatic heterocycles. The lowest BCUT2D eigenvalue weighted by molar-refractivity contribution is -0.144. The number of halogens is 1. The zero-order valence-electron chi connectivity index (χ0n) is 11.1. The molecule has 1 aliphatic rings. The highest BCUT2D eigenvalue weighted by Gasteiger charge is 2.42. The molecular weight excluding hydrogens is 294 g/mol. The lowest BCUT2D eigenvalue weighted by atomic mass is 9.98. The summed E-state index contributed by atoms with van der Waals surface area (Å²) in [7, 11) is 0. The van der Waals surface area contributed by atoms with Gasteiger partial charge in [-0.25, -0.2) is 9.59 Å². The van der Waals surface area contributed by atoms with Crippen LogP contribution in [0.1, 0.15) is 31.2 Å². The lowest BCUT2D eigenvalue weighted by Crippen LogP contribution is -2.53. The molecule has 0 saturated heterocycles. The Labute approximate surface area is 126 Å². The molecule has 6 nitrogen and oxygen atoms in total. The molecule has 0 radical (unpaired) electrons. The van der Waals surface area contributed by atoms with Gasteiger partial charge < -0.3 is 15.7 Å². The summed E-state index contributed by atoms with van der Waals surface area (Å²) in [6, 6.07) is 5.76. The normalized spacial score (nSPS) is 16.0. The zero-order chi connectivity index (χ0) is 15.5. The van der Waals surface area contributed by atoms with Crippen molar-refractivity contribution < 1.29 is 14.7 Å². The van der Waals surface area contributed by atoms with E-state index in [4.69, 9.17) is 16.9 Å². The maximum atomic E-state index is 12.0. The van der Waals surface area contributed by atoms with E-state index >= 15 is 0 Å². The van der Waals surface area contributed by atoms with Gasteiger partial charge in [-0.05, 0) is 31.0 Å². The van der Waals surface area contributed by atoms with Gasteiger partial charge in [-0.1, -0.05) is 24.4 Å². The number of urea groups is 1. The van der Waals surface area contributed by atoms with E-state index < -0.39 is 17.5 Å². The van der Waals surface area contributed by atoms with Crippen LogP contribution in [0.4, 0.5) is 10.5 Å². The number of benzene rings is 1.